The molecule has 0 radical (unpaired) electrons. The lowest BCUT2D eigenvalue weighted by Crippen LogP contribution is -2.54. The molecule has 0 saturated carbocycles. The zero-order valence-electron chi connectivity index (χ0n) is 16.8. The van der Waals surface area contributed by atoms with E-state index in [9.17, 15) is 4.39 Å². The van der Waals surface area contributed by atoms with Crippen LogP contribution in [0.4, 0.5) is 4.39 Å². The largest absolute Gasteiger partial charge is 0.484 e. The zero-order valence-corrected chi connectivity index (χ0v) is 17.6. The van der Waals surface area contributed by atoms with Gasteiger partial charge in [-0.25, -0.2) is 19.3 Å². The van der Waals surface area contributed by atoms with Crippen molar-refractivity contribution in [3.8, 4) is 16.9 Å². The highest BCUT2D eigenvalue weighted by Gasteiger charge is 2.55. The summed E-state index contributed by atoms with van der Waals surface area (Å²) < 4.78 is 26.3. The molecule has 5 rings (SSSR count). The van der Waals surface area contributed by atoms with Gasteiger partial charge in [-0.3, -0.25) is 0 Å². The second-order valence-corrected chi connectivity index (χ2v) is 8.77. The number of halogens is 2. The van der Waals surface area contributed by atoms with Gasteiger partial charge < -0.3 is 15.2 Å². The van der Waals surface area contributed by atoms with Crippen molar-refractivity contribution in [2.45, 2.75) is 43.6 Å². The van der Waals surface area contributed by atoms with E-state index in [1.807, 2.05) is 18.2 Å². The number of nitrogens with two attached hydrogens (primary N) is 1. The third-order valence-corrected chi connectivity index (χ3v) is 6.25. The van der Waals surface area contributed by atoms with Crippen molar-refractivity contribution in [1.82, 2.24) is 5.06 Å². The summed E-state index contributed by atoms with van der Waals surface area (Å²) in [5, 5.41) is 1.81. The number of hydrogen-bond donors (Lipinski definition) is 1. The molecule has 0 bridgehead atoms. The molecule has 3 aliphatic rings. The van der Waals surface area contributed by atoms with Gasteiger partial charge in [-0.15, -0.1) is 0 Å². The first-order valence-electron chi connectivity index (χ1n) is 9.97. The van der Waals surface area contributed by atoms with Gasteiger partial charge in [0, 0.05) is 18.5 Å². The van der Waals surface area contributed by atoms with Crippen molar-refractivity contribution >= 4 is 17.6 Å². The lowest BCUT2D eigenvalue weighted by Gasteiger charge is -2.47. The van der Waals surface area contributed by atoms with Crippen molar-refractivity contribution < 1.29 is 18.7 Å². The average Bonchev–Trinajstić information content (AvgIpc) is 2.97. The molecular weight excluding hydrogens is 409 g/mol. The standard InChI is InChI=1S/C22H23ClFN3O3/c1-13-5-6-21(12-28-13)11-22(26-20(25)27(2)30-22)18-9-14(3-4-19(18)29-21)15-7-16(23)10-17(24)8-15/h3-4,7-10,13H,5-6,11-12H2,1-2H3,(H2,25,26). The Morgan fingerprint density at radius 1 is 1.23 bits per heavy atom. The number of ether oxygens (including phenoxy) is 2. The molecule has 6 nitrogen and oxygen atoms in total. The van der Waals surface area contributed by atoms with Crippen molar-refractivity contribution in [3.05, 3.63) is 52.8 Å². The van der Waals surface area contributed by atoms with Gasteiger partial charge in [0.2, 0.25) is 11.7 Å². The summed E-state index contributed by atoms with van der Waals surface area (Å²) >= 11 is 6.06. The molecule has 1 fully saturated rings. The highest BCUT2D eigenvalue weighted by atomic mass is 35.5. The van der Waals surface area contributed by atoms with Crippen molar-refractivity contribution in [1.29, 1.82) is 0 Å². The highest BCUT2D eigenvalue weighted by Crippen LogP contribution is 2.52. The summed E-state index contributed by atoms with van der Waals surface area (Å²) in [6.07, 6.45) is 2.38. The van der Waals surface area contributed by atoms with Crippen molar-refractivity contribution in [3.63, 3.8) is 0 Å². The Balaban J connectivity index is 1.62. The van der Waals surface area contributed by atoms with E-state index in [4.69, 9.17) is 36.6 Å². The Kier molecular flexibility index (Phi) is 4.47. The van der Waals surface area contributed by atoms with E-state index < -0.39 is 17.1 Å². The van der Waals surface area contributed by atoms with E-state index in [-0.39, 0.29) is 6.10 Å². The number of guanidine groups is 1. The van der Waals surface area contributed by atoms with Crippen LogP contribution in [0.5, 0.6) is 5.75 Å². The molecule has 2 spiro atoms. The molecule has 3 unspecified atom stereocenters. The van der Waals surface area contributed by atoms with E-state index in [2.05, 4.69) is 6.92 Å². The predicted molar refractivity (Wildman–Crippen MR) is 112 cm³/mol. The summed E-state index contributed by atoms with van der Waals surface area (Å²) in [5.74, 6) is 0.563. The van der Waals surface area contributed by atoms with Crippen LogP contribution in [0.3, 0.4) is 0 Å². The zero-order chi connectivity index (χ0) is 21.1. The number of fused-ring (bicyclic) bond motifs is 2. The number of hydrogen-bond acceptors (Lipinski definition) is 6. The van der Waals surface area contributed by atoms with Gasteiger partial charge >= 0.3 is 0 Å². The molecule has 3 heterocycles. The topological polar surface area (TPSA) is 69.3 Å². The van der Waals surface area contributed by atoms with Crippen LogP contribution >= 0.6 is 11.6 Å². The molecule has 3 atom stereocenters. The normalized spacial score (nSPS) is 30.3. The summed E-state index contributed by atoms with van der Waals surface area (Å²) in [7, 11) is 1.73. The highest BCUT2D eigenvalue weighted by molar-refractivity contribution is 6.30. The van der Waals surface area contributed by atoms with Crippen LogP contribution in [0.2, 0.25) is 5.02 Å². The van der Waals surface area contributed by atoms with E-state index in [1.54, 1.807) is 13.1 Å². The molecule has 2 aromatic rings. The third kappa shape index (κ3) is 3.21. The van der Waals surface area contributed by atoms with Crippen molar-refractivity contribution in [2.24, 2.45) is 10.7 Å². The minimum atomic E-state index is -1.02. The van der Waals surface area contributed by atoms with Crippen molar-refractivity contribution in [2.75, 3.05) is 13.7 Å². The van der Waals surface area contributed by atoms with Crippen LogP contribution in [0.1, 0.15) is 31.7 Å². The number of rotatable bonds is 1. The molecule has 30 heavy (non-hydrogen) atoms. The maximum atomic E-state index is 13.9. The maximum Gasteiger partial charge on any atom is 0.222 e. The van der Waals surface area contributed by atoms with Crippen LogP contribution in [-0.4, -0.2) is 36.4 Å². The van der Waals surface area contributed by atoms with E-state index in [0.29, 0.717) is 35.3 Å². The molecular formula is C22H23ClFN3O3. The molecule has 0 aliphatic carbocycles. The molecule has 1 saturated heterocycles. The molecule has 2 N–H and O–H groups in total. The molecule has 2 aromatic carbocycles. The van der Waals surface area contributed by atoms with Gasteiger partial charge in [0.15, 0.2) is 0 Å². The Hall–Kier alpha value is -2.35. The minimum Gasteiger partial charge on any atom is -0.484 e. The molecule has 8 heteroatoms. The van der Waals surface area contributed by atoms with Crippen LogP contribution in [-0.2, 0) is 15.3 Å². The Bertz CT molecular complexity index is 1020. The second-order valence-electron chi connectivity index (χ2n) is 8.33. The monoisotopic (exact) mass is 431 g/mol. The van der Waals surface area contributed by atoms with Crippen LogP contribution in [0.15, 0.2) is 41.4 Å². The summed E-state index contributed by atoms with van der Waals surface area (Å²) in [4.78, 5) is 10.9. The van der Waals surface area contributed by atoms with Gasteiger partial charge in [-0.1, -0.05) is 17.7 Å². The van der Waals surface area contributed by atoms with Gasteiger partial charge in [-0.2, -0.15) is 0 Å². The second kappa shape index (κ2) is 6.83. The number of aliphatic imine (C=N–C) groups is 1. The quantitative estimate of drug-likeness (QED) is 0.732. The summed E-state index contributed by atoms with van der Waals surface area (Å²) in [6, 6.07) is 10.1. The Morgan fingerprint density at radius 2 is 2.07 bits per heavy atom. The number of nitrogens with zero attached hydrogens (tertiary/aromatic N) is 2. The van der Waals surface area contributed by atoms with Crippen LogP contribution in [0, 0.1) is 5.82 Å². The smallest absolute Gasteiger partial charge is 0.222 e. The van der Waals surface area contributed by atoms with Gasteiger partial charge in [0.25, 0.3) is 0 Å². The fourth-order valence-corrected chi connectivity index (χ4v) is 4.71. The first-order chi connectivity index (χ1) is 14.3. The minimum absolute atomic E-state index is 0.192. The van der Waals surface area contributed by atoms with Crippen LogP contribution in [0.25, 0.3) is 11.1 Å². The number of benzene rings is 2. The first-order valence-corrected chi connectivity index (χ1v) is 10.4. The fraction of sp³-hybridized carbons (Fsp3) is 0.409. The van der Waals surface area contributed by atoms with E-state index in [1.165, 1.54) is 17.2 Å². The lowest BCUT2D eigenvalue weighted by atomic mass is 9.80. The molecule has 3 aliphatic heterocycles. The van der Waals surface area contributed by atoms with Crippen LogP contribution < -0.4 is 10.5 Å². The number of hydroxylamine groups is 2. The van der Waals surface area contributed by atoms with Gasteiger partial charge in [0.1, 0.15) is 17.2 Å². The predicted octanol–water partition coefficient (Wildman–Crippen LogP) is 4.21. The summed E-state index contributed by atoms with van der Waals surface area (Å²) in [5.41, 5.74) is 6.71. The van der Waals surface area contributed by atoms with Gasteiger partial charge in [-0.05, 0) is 61.2 Å². The van der Waals surface area contributed by atoms with E-state index >= 15 is 0 Å². The van der Waals surface area contributed by atoms with E-state index in [0.717, 1.165) is 24.0 Å². The Morgan fingerprint density at radius 3 is 2.73 bits per heavy atom. The lowest BCUT2D eigenvalue weighted by molar-refractivity contribution is -0.220. The Labute approximate surface area is 179 Å². The SMILES string of the molecule is CC1CCC2(CO1)CC1(N=C(N)N(C)O1)c1cc(-c3cc(F)cc(Cl)c3)ccc1O2. The maximum absolute atomic E-state index is 13.9. The fourth-order valence-electron chi connectivity index (χ4n) is 4.49. The molecule has 158 valence electrons. The van der Waals surface area contributed by atoms with Gasteiger partial charge in [0.05, 0.1) is 18.3 Å². The molecule has 0 amide bonds. The summed E-state index contributed by atoms with van der Waals surface area (Å²) in [6.45, 7) is 2.52. The first kappa shape index (κ1) is 19.6. The third-order valence-electron chi connectivity index (χ3n) is 6.03. The average molecular weight is 432 g/mol. The molecule has 0 aromatic heterocycles.